The molecule has 0 radical (unpaired) electrons. The molecular weight excluding hydrogens is 324 g/mol. The minimum Gasteiger partial charge on any atom is -0.338 e. The lowest BCUT2D eigenvalue weighted by molar-refractivity contribution is 0.373. The van der Waals surface area contributed by atoms with Gasteiger partial charge in [-0.05, 0) is 17.7 Å². The zero-order chi connectivity index (χ0) is 13.9. The average molecular weight is 341 g/mol. The maximum Gasteiger partial charge on any atom is 0.236 e. The molecule has 1 aromatic carbocycles. The second-order valence-corrected chi connectivity index (χ2v) is 7.28. The first-order valence-electron chi connectivity index (χ1n) is 6.10. The van der Waals surface area contributed by atoms with Gasteiger partial charge in [-0.15, -0.1) is 11.8 Å². The lowest BCUT2D eigenvalue weighted by atomic mass is 9.96. The minimum atomic E-state index is -0.0574. The van der Waals surface area contributed by atoms with Gasteiger partial charge in [-0.3, -0.25) is 0 Å². The molecule has 0 fully saturated rings. The summed E-state index contributed by atoms with van der Waals surface area (Å²) >= 11 is 5.21. The molecule has 3 nitrogen and oxygen atoms in total. The van der Waals surface area contributed by atoms with Crippen LogP contribution in [0.3, 0.4) is 0 Å². The SMILES string of the molecule is CC(C)(C)c1noc(CSCc2ccc(Br)cc2)n1. The summed E-state index contributed by atoms with van der Waals surface area (Å²) in [7, 11) is 0. The highest BCUT2D eigenvalue weighted by molar-refractivity contribution is 9.10. The molecule has 0 atom stereocenters. The smallest absolute Gasteiger partial charge is 0.236 e. The van der Waals surface area contributed by atoms with Crippen molar-refractivity contribution in [1.29, 1.82) is 0 Å². The number of hydrogen-bond acceptors (Lipinski definition) is 4. The van der Waals surface area contributed by atoms with Crippen LogP contribution in [0, 0.1) is 0 Å². The molecule has 0 saturated heterocycles. The topological polar surface area (TPSA) is 38.9 Å². The van der Waals surface area contributed by atoms with Crippen LogP contribution >= 0.6 is 27.7 Å². The number of aromatic nitrogens is 2. The summed E-state index contributed by atoms with van der Waals surface area (Å²) in [4.78, 5) is 4.42. The highest BCUT2D eigenvalue weighted by Gasteiger charge is 2.20. The van der Waals surface area contributed by atoms with Gasteiger partial charge in [0.2, 0.25) is 5.89 Å². The van der Waals surface area contributed by atoms with Crippen molar-refractivity contribution in [3.05, 3.63) is 46.0 Å². The summed E-state index contributed by atoms with van der Waals surface area (Å²) in [5.74, 6) is 3.17. The maximum atomic E-state index is 5.26. The molecular formula is C14H17BrN2OS. The van der Waals surface area contributed by atoms with Gasteiger partial charge in [-0.1, -0.05) is 54.0 Å². The number of thioether (sulfide) groups is 1. The standard InChI is InChI=1S/C14H17BrN2OS/c1-14(2,3)13-16-12(18-17-13)9-19-8-10-4-6-11(15)7-5-10/h4-7H,8-9H2,1-3H3. The van der Waals surface area contributed by atoms with Gasteiger partial charge >= 0.3 is 0 Å². The second kappa shape index (κ2) is 6.09. The summed E-state index contributed by atoms with van der Waals surface area (Å²) in [6.07, 6.45) is 0. The molecule has 0 bridgehead atoms. The van der Waals surface area contributed by atoms with Crippen LogP contribution in [0.5, 0.6) is 0 Å². The first kappa shape index (κ1) is 14.6. The van der Waals surface area contributed by atoms with E-state index in [1.165, 1.54) is 5.56 Å². The van der Waals surface area contributed by atoms with E-state index in [4.69, 9.17) is 4.52 Å². The van der Waals surface area contributed by atoms with E-state index in [0.717, 1.165) is 21.8 Å². The summed E-state index contributed by atoms with van der Waals surface area (Å²) < 4.78 is 6.36. The first-order chi connectivity index (χ1) is 8.95. The zero-order valence-electron chi connectivity index (χ0n) is 11.3. The van der Waals surface area contributed by atoms with Gasteiger partial charge < -0.3 is 4.52 Å². The average Bonchev–Trinajstić information content (AvgIpc) is 2.80. The Morgan fingerprint density at radius 1 is 1.16 bits per heavy atom. The molecule has 0 aliphatic carbocycles. The molecule has 0 N–H and O–H groups in total. The van der Waals surface area contributed by atoms with Crippen LogP contribution in [0.1, 0.15) is 38.0 Å². The molecule has 0 amide bonds. The number of hydrogen-bond donors (Lipinski definition) is 0. The summed E-state index contributed by atoms with van der Waals surface area (Å²) in [6, 6.07) is 8.34. The van der Waals surface area contributed by atoms with Gasteiger partial charge in [0, 0.05) is 15.6 Å². The molecule has 2 rings (SSSR count). The Labute approximate surface area is 126 Å². The van der Waals surface area contributed by atoms with E-state index in [2.05, 4.69) is 71.1 Å². The Morgan fingerprint density at radius 3 is 2.42 bits per heavy atom. The number of halogens is 1. The predicted molar refractivity (Wildman–Crippen MR) is 82.1 cm³/mol. The van der Waals surface area contributed by atoms with Crippen LogP contribution in [0.15, 0.2) is 33.3 Å². The third-order valence-electron chi connectivity index (χ3n) is 2.55. The first-order valence-corrected chi connectivity index (χ1v) is 8.05. The Balaban J connectivity index is 1.86. The quantitative estimate of drug-likeness (QED) is 0.817. The third kappa shape index (κ3) is 4.35. The van der Waals surface area contributed by atoms with Crippen LogP contribution in [0.4, 0.5) is 0 Å². The van der Waals surface area contributed by atoms with Crippen molar-refractivity contribution in [1.82, 2.24) is 10.1 Å². The summed E-state index contributed by atoms with van der Waals surface area (Å²) in [6.45, 7) is 6.24. The van der Waals surface area contributed by atoms with Crippen molar-refractivity contribution < 1.29 is 4.52 Å². The lowest BCUT2D eigenvalue weighted by Gasteiger charge is -2.10. The van der Waals surface area contributed by atoms with E-state index in [1.54, 1.807) is 11.8 Å². The summed E-state index contributed by atoms with van der Waals surface area (Å²) in [5, 5.41) is 4.02. The Bertz CT molecular complexity index is 531. The molecule has 0 saturated carbocycles. The lowest BCUT2D eigenvalue weighted by Crippen LogP contribution is -2.13. The van der Waals surface area contributed by atoms with Gasteiger partial charge in [0.25, 0.3) is 0 Å². The molecule has 0 aliphatic rings. The fourth-order valence-electron chi connectivity index (χ4n) is 1.45. The Kier molecular flexibility index (Phi) is 4.68. The van der Waals surface area contributed by atoms with Crippen molar-refractivity contribution in [3.8, 4) is 0 Å². The minimum absolute atomic E-state index is 0.0574. The van der Waals surface area contributed by atoms with E-state index < -0.39 is 0 Å². The molecule has 0 spiro atoms. The largest absolute Gasteiger partial charge is 0.338 e. The molecule has 2 aromatic rings. The fourth-order valence-corrected chi connectivity index (χ4v) is 2.54. The van der Waals surface area contributed by atoms with E-state index in [1.807, 2.05) is 0 Å². The number of nitrogens with zero attached hydrogens (tertiary/aromatic N) is 2. The molecule has 19 heavy (non-hydrogen) atoms. The van der Waals surface area contributed by atoms with Crippen LogP contribution in [-0.4, -0.2) is 10.1 Å². The Morgan fingerprint density at radius 2 is 1.84 bits per heavy atom. The van der Waals surface area contributed by atoms with Gasteiger partial charge in [0.05, 0.1) is 5.75 Å². The van der Waals surface area contributed by atoms with Crippen LogP contribution in [0.2, 0.25) is 0 Å². The number of rotatable bonds is 4. The third-order valence-corrected chi connectivity index (χ3v) is 4.06. The highest BCUT2D eigenvalue weighted by Crippen LogP contribution is 2.22. The molecule has 1 heterocycles. The van der Waals surface area contributed by atoms with Crippen LogP contribution < -0.4 is 0 Å². The van der Waals surface area contributed by atoms with E-state index in [9.17, 15) is 0 Å². The second-order valence-electron chi connectivity index (χ2n) is 5.38. The molecule has 102 valence electrons. The Hall–Kier alpha value is -0.810. The van der Waals surface area contributed by atoms with Crippen molar-refractivity contribution in [3.63, 3.8) is 0 Å². The fraction of sp³-hybridized carbons (Fsp3) is 0.429. The van der Waals surface area contributed by atoms with Gasteiger partial charge in [0.15, 0.2) is 5.82 Å². The highest BCUT2D eigenvalue weighted by atomic mass is 79.9. The monoisotopic (exact) mass is 340 g/mol. The number of benzene rings is 1. The van der Waals surface area contributed by atoms with E-state index >= 15 is 0 Å². The molecule has 1 aromatic heterocycles. The molecule has 5 heteroatoms. The molecule has 0 unspecified atom stereocenters. The normalized spacial score (nSPS) is 11.8. The van der Waals surface area contributed by atoms with Gasteiger partial charge in [0.1, 0.15) is 0 Å². The molecule has 0 aliphatic heterocycles. The van der Waals surface area contributed by atoms with Crippen molar-refractivity contribution in [2.75, 3.05) is 0 Å². The van der Waals surface area contributed by atoms with E-state index in [-0.39, 0.29) is 5.41 Å². The van der Waals surface area contributed by atoms with Gasteiger partial charge in [-0.25, -0.2) is 0 Å². The maximum absolute atomic E-state index is 5.26. The zero-order valence-corrected chi connectivity index (χ0v) is 13.7. The van der Waals surface area contributed by atoms with Crippen molar-refractivity contribution in [2.45, 2.75) is 37.7 Å². The van der Waals surface area contributed by atoms with Gasteiger partial charge in [-0.2, -0.15) is 4.98 Å². The summed E-state index contributed by atoms with van der Waals surface area (Å²) in [5.41, 5.74) is 1.24. The predicted octanol–water partition coefficient (Wildman–Crippen LogP) is 4.56. The van der Waals surface area contributed by atoms with E-state index in [0.29, 0.717) is 5.89 Å². The van der Waals surface area contributed by atoms with Crippen LogP contribution in [-0.2, 0) is 16.9 Å². The van der Waals surface area contributed by atoms with Crippen molar-refractivity contribution in [2.24, 2.45) is 0 Å². The van der Waals surface area contributed by atoms with Crippen LogP contribution in [0.25, 0.3) is 0 Å². The van der Waals surface area contributed by atoms with Crippen molar-refractivity contribution >= 4 is 27.7 Å².